The molecule has 1 heterocycles. The second kappa shape index (κ2) is 7.36. The van der Waals surface area contributed by atoms with Crippen LogP contribution in [0.25, 0.3) is 0 Å². The predicted octanol–water partition coefficient (Wildman–Crippen LogP) is 2.36. The van der Waals surface area contributed by atoms with Gasteiger partial charge in [-0.2, -0.15) is 5.26 Å². The Hall–Kier alpha value is -2.46. The van der Waals surface area contributed by atoms with Crippen LogP contribution in [0.5, 0.6) is 5.75 Å². The molecule has 2 rings (SSSR count). The molecule has 0 aliphatic heterocycles. The van der Waals surface area contributed by atoms with Crippen LogP contribution in [0.15, 0.2) is 41.9 Å². The number of thioether (sulfide) groups is 1. The van der Waals surface area contributed by atoms with Gasteiger partial charge in [0.05, 0.1) is 13.4 Å². The molecule has 0 aliphatic rings. The summed E-state index contributed by atoms with van der Waals surface area (Å²) in [6.45, 7) is 0.701. The van der Waals surface area contributed by atoms with Crippen LogP contribution in [0.1, 0.15) is 5.56 Å². The quantitative estimate of drug-likeness (QED) is 0.406. The van der Waals surface area contributed by atoms with E-state index in [9.17, 15) is 0 Å². The molecule has 21 heavy (non-hydrogen) atoms. The first-order valence-corrected chi connectivity index (χ1v) is 7.39. The number of methoxy groups -OCH3 is 1. The number of aliphatic imine (C=N–C) groups is 1. The van der Waals surface area contributed by atoms with E-state index in [1.165, 1.54) is 11.8 Å². The molecular weight excluding hydrogens is 286 g/mol. The highest BCUT2D eigenvalue weighted by atomic mass is 32.2. The minimum Gasteiger partial charge on any atom is -0.494 e. The Kier molecular flexibility index (Phi) is 5.23. The molecule has 0 spiro atoms. The molecule has 0 amide bonds. The van der Waals surface area contributed by atoms with Crippen molar-refractivity contribution in [3.8, 4) is 11.9 Å². The number of benzene rings is 1. The number of ether oxygens (including phenoxy) is 1. The molecule has 1 N–H and O–H groups in total. The molecule has 0 bridgehead atoms. The van der Waals surface area contributed by atoms with Gasteiger partial charge >= 0.3 is 0 Å². The molecule has 0 unspecified atom stereocenters. The van der Waals surface area contributed by atoms with Gasteiger partial charge in [-0.25, -0.2) is 9.98 Å². The van der Waals surface area contributed by atoms with Gasteiger partial charge in [-0.3, -0.25) is 5.32 Å². The molecule has 0 aliphatic carbocycles. The zero-order chi connectivity index (χ0) is 15.1. The van der Waals surface area contributed by atoms with E-state index in [2.05, 4.69) is 15.3 Å². The summed E-state index contributed by atoms with van der Waals surface area (Å²) in [5, 5.41) is 11.8. The van der Waals surface area contributed by atoms with Crippen molar-refractivity contribution in [2.75, 3.05) is 13.4 Å². The minimum atomic E-state index is 0.524. The van der Waals surface area contributed by atoms with Gasteiger partial charge in [-0.15, -0.1) is 0 Å². The third-order valence-electron chi connectivity index (χ3n) is 2.75. The predicted molar refractivity (Wildman–Crippen MR) is 83.7 cm³/mol. The van der Waals surface area contributed by atoms with Crippen molar-refractivity contribution in [3.05, 3.63) is 42.5 Å². The molecule has 0 saturated carbocycles. The summed E-state index contributed by atoms with van der Waals surface area (Å²) >= 11 is 1.37. The van der Waals surface area contributed by atoms with Crippen molar-refractivity contribution in [3.63, 3.8) is 0 Å². The Labute approximate surface area is 127 Å². The minimum absolute atomic E-state index is 0.524. The second-order valence-corrected chi connectivity index (χ2v) is 4.89. The van der Waals surface area contributed by atoms with Gasteiger partial charge in [-0.1, -0.05) is 17.8 Å². The lowest BCUT2D eigenvalue weighted by Crippen LogP contribution is -2.12. The highest BCUT2D eigenvalue weighted by molar-refractivity contribution is 8.13. The summed E-state index contributed by atoms with van der Waals surface area (Å²) in [4.78, 5) is 8.45. The summed E-state index contributed by atoms with van der Waals surface area (Å²) < 4.78 is 7.28. The van der Waals surface area contributed by atoms with Gasteiger partial charge < -0.3 is 9.30 Å². The summed E-state index contributed by atoms with van der Waals surface area (Å²) in [6.07, 6.45) is 9.13. The van der Waals surface area contributed by atoms with Crippen molar-refractivity contribution in [2.24, 2.45) is 4.99 Å². The summed E-state index contributed by atoms with van der Waals surface area (Å²) in [7, 11) is 1.60. The molecule has 0 fully saturated rings. The Morgan fingerprint density at radius 1 is 1.57 bits per heavy atom. The van der Waals surface area contributed by atoms with Gasteiger partial charge in [0.1, 0.15) is 11.4 Å². The lowest BCUT2D eigenvalue weighted by molar-refractivity contribution is 0.416. The average molecular weight is 301 g/mol. The van der Waals surface area contributed by atoms with E-state index in [0.717, 1.165) is 5.56 Å². The van der Waals surface area contributed by atoms with Gasteiger partial charge in [0.2, 0.25) is 0 Å². The zero-order valence-corrected chi connectivity index (χ0v) is 12.6. The van der Waals surface area contributed by atoms with Gasteiger partial charge in [-0.05, 0) is 24.0 Å². The van der Waals surface area contributed by atoms with Crippen molar-refractivity contribution in [1.29, 1.82) is 5.26 Å². The van der Waals surface area contributed by atoms with Crippen LogP contribution in [-0.2, 0) is 6.54 Å². The number of amidine groups is 1. The maximum absolute atomic E-state index is 8.70. The smallest absolute Gasteiger partial charge is 0.183 e. The molecule has 0 saturated heterocycles. The molecule has 2 aromatic rings. The first-order valence-electron chi connectivity index (χ1n) is 6.17. The monoisotopic (exact) mass is 301 g/mol. The third kappa shape index (κ3) is 4.00. The second-order valence-electron chi connectivity index (χ2n) is 4.10. The average Bonchev–Trinajstić information content (AvgIpc) is 3.00. The van der Waals surface area contributed by atoms with Gasteiger partial charge in [0.15, 0.2) is 11.4 Å². The highest BCUT2D eigenvalue weighted by Crippen LogP contribution is 2.29. The summed E-state index contributed by atoms with van der Waals surface area (Å²) in [5.74, 6) is 0.663. The van der Waals surface area contributed by atoms with E-state index in [1.54, 1.807) is 19.6 Å². The van der Waals surface area contributed by atoms with Crippen molar-refractivity contribution >= 4 is 22.6 Å². The zero-order valence-electron chi connectivity index (χ0n) is 11.8. The first kappa shape index (κ1) is 14.9. The molecule has 108 valence electrons. The number of aromatic nitrogens is 2. The number of nitriles is 1. The Morgan fingerprint density at radius 3 is 3.05 bits per heavy atom. The van der Waals surface area contributed by atoms with Crippen LogP contribution < -0.4 is 10.1 Å². The molecule has 1 aromatic heterocycles. The van der Waals surface area contributed by atoms with Crippen molar-refractivity contribution in [2.45, 2.75) is 6.54 Å². The van der Waals surface area contributed by atoms with Crippen LogP contribution in [0.3, 0.4) is 0 Å². The van der Waals surface area contributed by atoms with E-state index in [4.69, 9.17) is 10.00 Å². The van der Waals surface area contributed by atoms with E-state index >= 15 is 0 Å². The van der Waals surface area contributed by atoms with Crippen LogP contribution in [0, 0.1) is 11.5 Å². The Bertz CT molecular complexity index is 660. The van der Waals surface area contributed by atoms with E-state index in [1.807, 2.05) is 41.4 Å². The molecule has 7 heteroatoms. The highest BCUT2D eigenvalue weighted by Gasteiger charge is 2.06. The number of hydrogen-bond acceptors (Lipinski definition) is 5. The number of nitrogens with one attached hydrogen (secondary N) is 1. The van der Waals surface area contributed by atoms with Crippen molar-refractivity contribution in [1.82, 2.24) is 14.9 Å². The number of imidazole rings is 1. The third-order valence-corrected chi connectivity index (χ3v) is 3.33. The summed E-state index contributed by atoms with van der Waals surface area (Å²) in [6, 6.07) is 5.79. The van der Waals surface area contributed by atoms with Crippen LogP contribution in [0.4, 0.5) is 5.69 Å². The molecule has 0 atom stereocenters. The number of hydrogen-bond donors (Lipinski definition) is 1. The standard InChI is InChI=1S/C14H15N5OS/c1-20-13-4-3-11(8-19-6-5-16-10-19)7-12(13)18-14(21-2)17-9-15/h3-7,10H,8H2,1-2H3,(H,17,18). The van der Waals surface area contributed by atoms with Crippen molar-refractivity contribution < 1.29 is 4.74 Å². The molecular formula is C14H15N5OS. The fourth-order valence-electron chi connectivity index (χ4n) is 1.79. The SMILES string of the molecule is COc1ccc(Cn2ccnc2)cc1N=C(NC#N)SC. The van der Waals surface area contributed by atoms with E-state index < -0.39 is 0 Å². The fourth-order valence-corrected chi connectivity index (χ4v) is 2.13. The fraction of sp³-hybridized carbons (Fsp3) is 0.214. The normalized spacial score (nSPS) is 11.0. The maximum Gasteiger partial charge on any atom is 0.183 e. The van der Waals surface area contributed by atoms with Crippen LogP contribution in [-0.4, -0.2) is 28.1 Å². The lowest BCUT2D eigenvalue weighted by atomic mass is 10.2. The van der Waals surface area contributed by atoms with Gasteiger partial charge in [0.25, 0.3) is 0 Å². The lowest BCUT2D eigenvalue weighted by Gasteiger charge is -2.09. The van der Waals surface area contributed by atoms with Crippen LogP contribution >= 0.6 is 11.8 Å². The van der Waals surface area contributed by atoms with Gasteiger partial charge in [0, 0.05) is 18.9 Å². The Morgan fingerprint density at radius 2 is 2.43 bits per heavy atom. The first-order chi connectivity index (χ1) is 10.3. The maximum atomic E-state index is 8.70. The topological polar surface area (TPSA) is 75.2 Å². The van der Waals surface area contributed by atoms with Crippen LogP contribution in [0.2, 0.25) is 0 Å². The largest absolute Gasteiger partial charge is 0.494 e. The molecule has 0 radical (unpaired) electrons. The number of nitrogens with zero attached hydrogens (tertiary/aromatic N) is 4. The Balaban J connectivity index is 2.31. The van der Waals surface area contributed by atoms with E-state index in [-0.39, 0.29) is 0 Å². The van der Waals surface area contributed by atoms with E-state index in [0.29, 0.717) is 23.1 Å². The molecule has 1 aromatic carbocycles. The summed E-state index contributed by atoms with van der Waals surface area (Å²) in [5.41, 5.74) is 1.76. The molecule has 6 nitrogen and oxygen atoms in total. The number of rotatable bonds is 4.